The highest BCUT2D eigenvalue weighted by atomic mass is 16.5. The van der Waals surface area contributed by atoms with Gasteiger partial charge in [0, 0.05) is 12.6 Å². The average molecular weight is 274 g/mol. The number of ether oxygens (including phenoxy) is 1. The number of rotatable bonds is 4. The lowest BCUT2D eigenvalue weighted by molar-refractivity contribution is -0.00215. The van der Waals surface area contributed by atoms with E-state index in [1.54, 1.807) is 0 Å². The maximum Gasteiger partial charge on any atom is 0.0954 e. The van der Waals surface area contributed by atoms with Gasteiger partial charge < -0.3 is 10.5 Å². The van der Waals surface area contributed by atoms with Gasteiger partial charge in [0.05, 0.1) is 12.7 Å². The van der Waals surface area contributed by atoms with Crippen molar-refractivity contribution in [1.82, 2.24) is 4.90 Å². The maximum atomic E-state index is 6.06. The first-order chi connectivity index (χ1) is 9.88. The number of piperidine rings is 1. The Kier molecular flexibility index (Phi) is 4.71. The minimum absolute atomic E-state index is 0.248. The summed E-state index contributed by atoms with van der Waals surface area (Å²) in [6, 6.07) is 9.42. The van der Waals surface area contributed by atoms with Crippen LogP contribution < -0.4 is 5.73 Å². The van der Waals surface area contributed by atoms with Gasteiger partial charge in [-0.15, -0.1) is 0 Å². The summed E-state index contributed by atoms with van der Waals surface area (Å²) in [5, 5.41) is 0. The number of likely N-dealkylation sites (tertiary alicyclic amines) is 1. The van der Waals surface area contributed by atoms with E-state index in [0.717, 1.165) is 32.5 Å². The molecule has 2 unspecified atom stereocenters. The first kappa shape index (κ1) is 14.1. The van der Waals surface area contributed by atoms with Gasteiger partial charge in [-0.3, -0.25) is 4.90 Å². The molecule has 0 radical (unpaired) electrons. The van der Waals surface area contributed by atoms with E-state index in [-0.39, 0.29) is 6.10 Å². The van der Waals surface area contributed by atoms with Gasteiger partial charge in [-0.1, -0.05) is 30.7 Å². The van der Waals surface area contributed by atoms with Crippen molar-refractivity contribution >= 4 is 0 Å². The third-order valence-corrected chi connectivity index (χ3v) is 4.74. The fraction of sp³-hybridized carbons (Fsp3) is 0.647. The summed E-state index contributed by atoms with van der Waals surface area (Å²) in [5.41, 5.74) is 8.64. The van der Waals surface area contributed by atoms with E-state index in [9.17, 15) is 0 Å². The summed E-state index contributed by atoms with van der Waals surface area (Å²) in [7, 11) is 0. The van der Waals surface area contributed by atoms with Crippen LogP contribution in [0.3, 0.4) is 0 Å². The summed E-state index contributed by atoms with van der Waals surface area (Å²) < 4.78 is 6.06. The van der Waals surface area contributed by atoms with Crippen LogP contribution in [0.2, 0.25) is 0 Å². The minimum Gasteiger partial charge on any atom is -0.372 e. The van der Waals surface area contributed by atoms with E-state index in [1.165, 1.54) is 36.9 Å². The van der Waals surface area contributed by atoms with E-state index in [2.05, 4.69) is 29.2 Å². The summed E-state index contributed by atoms with van der Waals surface area (Å²) in [6.07, 6.45) is 6.38. The lowest BCUT2D eigenvalue weighted by atomic mass is 9.94. The van der Waals surface area contributed by atoms with Gasteiger partial charge in [-0.05, 0) is 49.9 Å². The predicted molar refractivity (Wildman–Crippen MR) is 81.7 cm³/mol. The zero-order chi connectivity index (χ0) is 13.8. The molecule has 1 fully saturated rings. The molecule has 0 aliphatic carbocycles. The molecule has 0 bridgehead atoms. The summed E-state index contributed by atoms with van der Waals surface area (Å²) in [5.74, 6) is 0. The molecule has 2 aliphatic rings. The van der Waals surface area contributed by atoms with Crippen LogP contribution in [0, 0.1) is 0 Å². The molecule has 2 heterocycles. The maximum absolute atomic E-state index is 6.06. The Hall–Kier alpha value is -0.900. The molecule has 2 N–H and O–H groups in total. The number of hydrogen-bond acceptors (Lipinski definition) is 3. The molecule has 3 rings (SSSR count). The summed E-state index contributed by atoms with van der Waals surface area (Å²) >= 11 is 0. The van der Waals surface area contributed by atoms with Crippen molar-refractivity contribution < 1.29 is 4.74 Å². The molecule has 2 aliphatic heterocycles. The zero-order valence-corrected chi connectivity index (χ0v) is 12.3. The van der Waals surface area contributed by atoms with Crippen LogP contribution in [0.5, 0.6) is 0 Å². The van der Waals surface area contributed by atoms with Crippen LogP contribution in [0.4, 0.5) is 0 Å². The number of hydrogen-bond donors (Lipinski definition) is 1. The standard InChI is InChI=1S/C17H26N2O/c18-10-8-15-6-3-4-11-19(15)13-17-16-7-2-1-5-14(16)9-12-20-17/h1-2,5,7,15,17H,3-4,6,8-13,18H2. The van der Waals surface area contributed by atoms with Gasteiger partial charge in [0.15, 0.2) is 0 Å². The Balaban J connectivity index is 1.71. The monoisotopic (exact) mass is 274 g/mol. The van der Waals surface area contributed by atoms with Crippen LogP contribution >= 0.6 is 0 Å². The Labute approximate surface area is 122 Å². The van der Waals surface area contributed by atoms with Gasteiger partial charge >= 0.3 is 0 Å². The van der Waals surface area contributed by atoms with Crippen molar-refractivity contribution in [2.24, 2.45) is 5.73 Å². The second-order valence-corrected chi connectivity index (χ2v) is 6.03. The van der Waals surface area contributed by atoms with E-state index in [4.69, 9.17) is 10.5 Å². The number of fused-ring (bicyclic) bond motifs is 1. The molecule has 1 aromatic rings. The SMILES string of the molecule is NCCC1CCCCN1CC1OCCc2ccccc21. The molecule has 2 atom stereocenters. The smallest absolute Gasteiger partial charge is 0.0954 e. The number of nitrogens with two attached hydrogens (primary N) is 1. The number of nitrogens with zero attached hydrogens (tertiary/aromatic N) is 1. The normalized spacial score (nSPS) is 27.2. The lowest BCUT2D eigenvalue weighted by Crippen LogP contribution is -2.43. The van der Waals surface area contributed by atoms with Crippen LogP contribution in [0.15, 0.2) is 24.3 Å². The van der Waals surface area contributed by atoms with Gasteiger partial charge in [0.2, 0.25) is 0 Å². The van der Waals surface area contributed by atoms with Crippen molar-refractivity contribution in [1.29, 1.82) is 0 Å². The van der Waals surface area contributed by atoms with E-state index < -0.39 is 0 Å². The fourth-order valence-corrected chi connectivity index (χ4v) is 3.66. The molecule has 1 aromatic carbocycles. The third-order valence-electron chi connectivity index (χ3n) is 4.74. The topological polar surface area (TPSA) is 38.5 Å². The molecule has 3 nitrogen and oxygen atoms in total. The highest BCUT2D eigenvalue weighted by molar-refractivity contribution is 5.31. The Bertz CT molecular complexity index is 433. The minimum atomic E-state index is 0.248. The average Bonchev–Trinajstić information content (AvgIpc) is 2.50. The third kappa shape index (κ3) is 3.05. The van der Waals surface area contributed by atoms with E-state index in [0.29, 0.717) is 6.04 Å². The Morgan fingerprint density at radius 1 is 1.25 bits per heavy atom. The van der Waals surface area contributed by atoms with Crippen LogP contribution in [-0.2, 0) is 11.2 Å². The van der Waals surface area contributed by atoms with Crippen LogP contribution in [0.1, 0.15) is 42.9 Å². The summed E-state index contributed by atoms with van der Waals surface area (Å²) in [6.45, 7) is 3.88. The van der Waals surface area contributed by atoms with E-state index in [1.807, 2.05) is 0 Å². The first-order valence-corrected chi connectivity index (χ1v) is 8.02. The second kappa shape index (κ2) is 6.70. The molecular weight excluding hydrogens is 248 g/mol. The van der Waals surface area contributed by atoms with Crippen LogP contribution in [-0.4, -0.2) is 37.2 Å². The Morgan fingerprint density at radius 2 is 2.15 bits per heavy atom. The van der Waals surface area contributed by atoms with Crippen molar-refractivity contribution in [2.45, 2.75) is 44.2 Å². The molecule has 3 heteroatoms. The largest absolute Gasteiger partial charge is 0.372 e. The molecule has 110 valence electrons. The van der Waals surface area contributed by atoms with Gasteiger partial charge in [0.25, 0.3) is 0 Å². The number of benzene rings is 1. The zero-order valence-electron chi connectivity index (χ0n) is 12.3. The predicted octanol–water partition coefficient (Wildman–Crippen LogP) is 2.50. The van der Waals surface area contributed by atoms with Crippen molar-refractivity contribution in [3.05, 3.63) is 35.4 Å². The molecule has 1 saturated heterocycles. The summed E-state index contributed by atoms with van der Waals surface area (Å²) in [4.78, 5) is 2.61. The molecule has 0 saturated carbocycles. The second-order valence-electron chi connectivity index (χ2n) is 6.03. The molecule has 0 spiro atoms. The first-order valence-electron chi connectivity index (χ1n) is 8.02. The van der Waals surface area contributed by atoms with Crippen molar-refractivity contribution in [2.75, 3.05) is 26.2 Å². The van der Waals surface area contributed by atoms with Crippen molar-refractivity contribution in [3.8, 4) is 0 Å². The van der Waals surface area contributed by atoms with Crippen molar-refractivity contribution in [3.63, 3.8) is 0 Å². The van der Waals surface area contributed by atoms with E-state index >= 15 is 0 Å². The van der Waals surface area contributed by atoms with Gasteiger partial charge in [0.1, 0.15) is 0 Å². The Morgan fingerprint density at radius 3 is 3.05 bits per heavy atom. The van der Waals surface area contributed by atoms with Gasteiger partial charge in [-0.2, -0.15) is 0 Å². The van der Waals surface area contributed by atoms with Gasteiger partial charge in [-0.25, -0.2) is 0 Å². The van der Waals surface area contributed by atoms with Crippen LogP contribution in [0.25, 0.3) is 0 Å². The quantitative estimate of drug-likeness (QED) is 0.917. The molecule has 0 aromatic heterocycles. The molecule has 0 amide bonds. The molecule has 20 heavy (non-hydrogen) atoms. The fourth-order valence-electron chi connectivity index (χ4n) is 3.66. The highest BCUT2D eigenvalue weighted by Gasteiger charge is 2.27. The molecular formula is C17H26N2O. The highest BCUT2D eigenvalue weighted by Crippen LogP contribution is 2.30. The lowest BCUT2D eigenvalue weighted by Gasteiger charge is -2.39.